The molecule has 2 aromatic carbocycles. The van der Waals surface area contributed by atoms with Gasteiger partial charge >= 0.3 is 0 Å². The fourth-order valence-corrected chi connectivity index (χ4v) is 6.17. The van der Waals surface area contributed by atoms with Crippen LogP contribution in [0.5, 0.6) is 0 Å². The second kappa shape index (κ2) is 7.49. The van der Waals surface area contributed by atoms with Gasteiger partial charge in [0, 0.05) is 23.3 Å². The summed E-state index contributed by atoms with van der Waals surface area (Å²) in [6.45, 7) is 2.72. The largest absolute Gasteiger partial charge is 0.288 e. The molecule has 1 heterocycles. The van der Waals surface area contributed by atoms with Crippen molar-refractivity contribution in [3.63, 3.8) is 0 Å². The fraction of sp³-hybridized carbons (Fsp3) is 0.360. The molecule has 0 aliphatic heterocycles. The van der Waals surface area contributed by atoms with Crippen LogP contribution < -0.4 is 5.56 Å². The molecule has 0 atom stereocenters. The zero-order valence-corrected chi connectivity index (χ0v) is 17.7. The number of nitrogens with zero attached hydrogens (tertiary/aromatic N) is 2. The highest BCUT2D eigenvalue weighted by Crippen LogP contribution is 2.49. The molecule has 2 aliphatic rings. The molecule has 3 nitrogen and oxygen atoms in total. The highest BCUT2D eigenvalue weighted by Gasteiger charge is 2.44. The van der Waals surface area contributed by atoms with E-state index in [4.69, 9.17) is 4.98 Å². The lowest BCUT2D eigenvalue weighted by Crippen LogP contribution is -2.40. The molecule has 1 fully saturated rings. The molecule has 0 N–H and O–H groups in total. The number of hydrogen-bond acceptors (Lipinski definition) is 3. The first-order valence-electron chi connectivity index (χ1n) is 10.6. The molecule has 1 spiro atoms. The third-order valence-corrected chi connectivity index (χ3v) is 7.60. The number of aromatic nitrogens is 2. The second-order valence-corrected chi connectivity index (χ2v) is 9.21. The van der Waals surface area contributed by atoms with Crippen molar-refractivity contribution in [1.82, 2.24) is 9.55 Å². The van der Waals surface area contributed by atoms with Gasteiger partial charge in [-0.3, -0.25) is 9.36 Å². The van der Waals surface area contributed by atoms with Crippen LogP contribution in [0.25, 0.3) is 11.3 Å². The van der Waals surface area contributed by atoms with Gasteiger partial charge in [0.15, 0.2) is 5.16 Å². The molecule has 1 saturated carbocycles. The third-order valence-electron chi connectivity index (χ3n) is 6.55. The van der Waals surface area contributed by atoms with Crippen LogP contribution in [0.4, 0.5) is 0 Å². The van der Waals surface area contributed by atoms with E-state index in [0.717, 1.165) is 47.0 Å². The molecule has 148 valence electrons. The van der Waals surface area contributed by atoms with Crippen LogP contribution in [0.2, 0.25) is 0 Å². The average molecular weight is 403 g/mol. The number of benzene rings is 2. The molecule has 0 bridgehead atoms. The van der Waals surface area contributed by atoms with Crippen LogP contribution in [0.1, 0.15) is 49.3 Å². The molecule has 3 aromatic rings. The minimum Gasteiger partial charge on any atom is -0.288 e. The van der Waals surface area contributed by atoms with Gasteiger partial charge < -0.3 is 0 Å². The van der Waals surface area contributed by atoms with E-state index >= 15 is 0 Å². The van der Waals surface area contributed by atoms with Gasteiger partial charge in [-0.2, -0.15) is 0 Å². The average Bonchev–Trinajstić information content (AvgIpc) is 3.21. The van der Waals surface area contributed by atoms with E-state index < -0.39 is 0 Å². The Bertz CT molecular complexity index is 1100. The van der Waals surface area contributed by atoms with Crippen LogP contribution in [-0.4, -0.2) is 9.55 Å². The predicted octanol–water partition coefficient (Wildman–Crippen LogP) is 5.59. The Morgan fingerprint density at radius 3 is 2.52 bits per heavy atom. The van der Waals surface area contributed by atoms with E-state index in [9.17, 15) is 4.79 Å². The Kier molecular flexibility index (Phi) is 4.83. The quantitative estimate of drug-likeness (QED) is 0.421. The van der Waals surface area contributed by atoms with Crippen LogP contribution in [0.3, 0.4) is 0 Å². The Balaban J connectivity index is 1.66. The smallest absolute Gasteiger partial charge is 0.258 e. The predicted molar refractivity (Wildman–Crippen MR) is 119 cm³/mol. The lowest BCUT2D eigenvalue weighted by molar-refractivity contribution is 0.416. The Morgan fingerprint density at radius 1 is 1.03 bits per heavy atom. The van der Waals surface area contributed by atoms with Crippen molar-refractivity contribution in [1.29, 1.82) is 0 Å². The molecule has 0 amide bonds. The van der Waals surface area contributed by atoms with E-state index in [1.165, 1.54) is 24.0 Å². The topological polar surface area (TPSA) is 34.9 Å². The summed E-state index contributed by atoms with van der Waals surface area (Å²) in [4.78, 5) is 18.9. The zero-order chi connectivity index (χ0) is 19.8. The zero-order valence-electron chi connectivity index (χ0n) is 16.9. The van der Waals surface area contributed by atoms with Gasteiger partial charge in [-0.15, -0.1) is 0 Å². The molecule has 0 unspecified atom stereocenters. The van der Waals surface area contributed by atoms with Crippen LogP contribution in [-0.2, 0) is 24.1 Å². The summed E-state index contributed by atoms with van der Waals surface area (Å²) in [5.74, 6) is 0.818. The summed E-state index contributed by atoms with van der Waals surface area (Å²) in [5, 5.41) is 0.838. The minimum absolute atomic E-state index is 0.0205. The van der Waals surface area contributed by atoms with Gasteiger partial charge in [0.25, 0.3) is 5.56 Å². The molecule has 4 heteroatoms. The summed E-state index contributed by atoms with van der Waals surface area (Å²) in [7, 11) is 0. The maximum Gasteiger partial charge on any atom is 0.258 e. The molecule has 0 saturated heterocycles. The van der Waals surface area contributed by atoms with Crippen molar-refractivity contribution in [2.45, 2.75) is 61.9 Å². The van der Waals surface area contributed by atoms with Crippen molar-refractivity contribution >= 4 is 11.8 Å². The van der Waals surface area contributed by atoms with Gasteiger partial charge in [0.2, 0.25) is 0 Å². The van der Waals surface area contributed by atoms with E-state index in [2.05, 4.69) is 55.5 Å². The molecule has 2 aliphatic carbocycles. The first-order valence-corrected chi connectivity index (χ1v) is 11.6. The Morgan fingerprint density at radius 2 is 1.76 bits per heavy atom. The van der Waals surface area contributed by atoms with Crippen LogP contribution in [0.15, 0.2) is 64.5 Å². The van der Waals surface area contributed by atoms with Crippen LogP contribution in [0, 0.1) is 0 Å². The Labute approximate surface area is 176 Å². The summed E-state index contributed by atoms with van der Waals surface area (Å²) >= 11 is 1.67. The highest BCUT2D eigenvalue weighted by molar-refractivity contribution is 7.98. The lowest BCUT2D eigenvalue weighted by Gasteiger charge is -2.36. The van der Waals surface area contributed by atoms with E-state index in [1.807, 2.05) is 10.6 Å². The second-order valence-electron chi connectivity index (χ2n) is 8.26. The summed E-state index contributed by atoms with van der Waals surface area (Å²) < 4.78 is 1.90. The molecule has 0 radical (unpaired) electrons. The van der Waals surface area contributed by atoms with Gasteiger partial charge in [-0.25, -0.2) is 4.98 Å². The fourth-order valence-electron chi connectivity index (χ4n) is 5.16. The first kappa shape index (κ1) is 18.7. The summed E-state index contributed by atoms with van der Waals surface area (Å²) in [5.41, 5.74) is 5.85. The third kappa shape index (κ3) is 3.14. The van der Waals surface area contributed by atoms with Gasteiger partial charge in [-0.1, -0.05) is 79.2 Å². The maximum absolute atomic E-state index is 13.8. The molecular formula is C25H26N2OS. The summed E-state index contributed by atoms with van der Waals surface area (Å²) in [6, 6.07) is 19.0. The Hall–Kier alpha value is -2.33. The molecule has 1 aromatic heterocycles. The normalized spacial score (nSPS) is 16.6. The van der Waals surface area contributed by atoms with Crippen molar-refractivity contribution in [3.8, 4) is 11.3 Å². The lowest BCUT2D eigenvalue weighted by atomic mass is 9.68. The van der Waals surface area contributed by atoms with Crippen molar-refractivity contribution < 1.29 is 0 Å². The van der Waals surface area contributed by atoms with E-state index in [1.54, 1.807) is 11.8 Å². The number of thioether (sulfide) groups is 1. The standard InChI is InChI=1S/C25H26N2OS/c1-2-27-23(28)21-22(26-24(27)29-17-18-10-4-3-5-11-18)20-13-7-6-12-19(20)16-25(21)14-8-9-15-25/h3-7,10-13H,2,8-9,14-17H2,1H3. The monoisotopic (exact) mass is 402 g/mol. The molecule has 5 rings (SSSR count). The summed E-state index contributed by atoms with van der Waals surface area (Å²) in [6.07, 6.45) is 5.60. The number of fused-ring (bicyclic) bond motifs is 4. The van der Waals surface area contributed by atoms with Gasteiger partial charge in [-0.05, 0) is 37.3 Å². The molecular weight excluding hydrogens is 376 g/mol. The SMILES string of the molecule is CCn1c(SCc2ccccc2)nc2c(c1=O)C1(CCCC1)Cc1ccccc1-2. The van der Waals surface area contributed by atoms with Crippen molar-refractivity contribution in [3.05, 3.63) is 81.6 Å². The van der Waals surface area contributed by atoms with Crippen molar-refractivity contribution in [2.24, 2.45) is 0 Å². The van der Waals surface area contributed by atoms with Gasteiger partial charge in [0.05, 0.1) is 11.3 Å². The van der Waals surface area contributed by atoms with Gasteiger partial charge in [0.1, 0.15) is 0 Å². The first-order chi connectivity index (χ1) is 14.2. The highest BCUT2D eigenvalue weighted by atomic mass is 32.2. The van der Waals surface area contributed by atoms with Crippen molar-refractivity contribution in [2.75, 3.05) is 0 Å². The number of hydrogen-bond donors (Lipinski definition) is 0. The van der Waals surface area contributed by atoms with E-state index in [-0.39, 0.29) is 11.0 Å². The molecule has 29 heavy (non-hydrogen) atoms. The minimum atomic E-state index is -0.0205. The maximum atomic E-state index is 13.8. The van der Waals surface area contributed by atoms with Crippen LogP contribution >= 0.6 is 11.8 Å². The number of rotatable bonds is 4. The van der Waals surface area contributed by atoms with E-state index in [0.29, 0.717) is 6.54 Å².